The first-order chi connectivity index (χ1) is 13.6. The first kappa shape index (κ1) is 22.1. The lowest BCUT2D eigenvalue weighted by Crippen LogP contribution is -2.43. The Hall–Kier alpha value is -3.15. The number of methoxy groups -OCH3 is 1. The van der Waals surface area contributed by atoms with Crippen LogP contribution in [-0.4, -0.2) is 65.7 Å². The van der Waals surface area contributed by atoms with Crippen molar-refractivity contribution in [3.8, 4) is 6.01 Å². The van der Waals surface area contributed by atoms with Gasteiger partial charge in [0.05, 0.1) is 7.11 Å². The molecule has 1 saturated heterocycles. The highest BCUT2D eigenvalue weighted by molar-refractivity contribution is 5.68. The van der Waals surface area contributed by atoms with E-state index in [1.807, 2.05) is 0 Å². The van der Waals surface area contributed by atoms with Crippen molar-refractivity contribution in [2.24, 2.45) is 7.05 Å². The Morgan fingerprint density at radius 2 is 1.76 bits per heavy atom. The molecule has 1 aromatic rings. The van der Waals surface area contributed by atoms with Crippen LogP contribution < -0.4 is 15.6 Å². The second-order valence-electron chi connectivity index (χ2n) is 6.22. The van der Waals surface area contributed by atoms with Crippen molar-refractivity contribution in [2.75, 3.05) is 19.0 Å². The van der Waals surface area contributed by atoms with E-state index in [2.05, 4.69) is 10.3 Å². The van der Waals surface area contributed by atoms with E-state index in [1.165, 1.54) is 45.6 Å². The van der Waals surface area contributed by atoms with Crippen LogP contribution in [0.4, 0.5) is 5.82 Å². The van der Waals surface area contributed by atoms with E-state index in [0.29, 0.717) is 0 Å². The van der Waals surface area contributed by atoms with Gasteiger partial charge < -0.3 is 29.0 Å². The normalized spacial score (nSPS) is 23.2. The lowest BCUT2D eigenvalue weighted by molar-refractivity contribution is -0.165. The molecule has 2 rings (SSSR count). The van der Waals surface area contributed by atoms with Crippen LogP contribution in [-0.2, 0) is 40.4 Å². The fraction of sp³-hybridized carbons (Fsp3) is 0.588. The summed E-state index contributed by atoms with van der Waals surface area (Å²) in [6.07, 6.45) is -4.11. The van der Waals surface area contributed by atoms with Gasteiger partial charge in [0.1, 0.15) is 18.5 Å². The van der Waals surface area contributed by atoms with Gasteiger partial charge in [-0.3, -0.25) is 23.7 Å². The highest BCUT2D eigenvalue weighted by Gasteiger charge is 2.50. The second-order valence-corrected chi connectivity index (χ2v) is 6.22. The lowest BCUT2D eigenvalue weighted by atomic mass is 10.1. The topological polar surface area (TPSA) is 144 Å². The summed E-state index contributed by atoms with van der Waals surface area (Å²) >= 11 is 0. The molecule has 1 N–H and O–H groups in total. The number of hydrogen-bond donors (Lipinski definition) is 1. The van der Waals surface area contributed by atoms with Gasteiger partial charge in [-0.25, -0.2) is 0 Å². The monoisotopic (exact) mass is 413 g/mol. The van der Waals surface area contributed by atoms with E-state index >= 15 is 0 Å². The number of rotatable bonds is 7. The number of esters is 3. The summed E-state index contributed by atoms with van der Waals surface area (Å²) in [6, 6.07) is 1.23. The first-order valence-electron chi connectivity index (χ1n) is 8.64. The molecule has 0 saturated carbocycles. The number of hydrogen-bond acceptors (Lipinski definition) is 11. The molecule has 0 aliphatic carbocycles. The van der Waals surface area contributed by atoms with Crippen LogP contribution in [0.2, 0.25) is 0 Å². The minimum absolute atomic E-state index is 0.0371. The van der Waals surface area contributed by atoms with Crippen molar-refractivity contribution in [3.05, 3.63) is 16.4 Å². The van der Waals surface area contributed by atoms with E-state index < -0.39 is 48.0 Å². The smallest absolute Gasteiger partial charge is 0.303 e. The Morgan fingerprint density at radius 1 is 1.14 bits per heavy atom. The van der Waals surface area contributed by atoms with Gasteiger partial charge in [0.2, 0.25) is 0 Å². The predicted molar refractivity (Wildman–Crippen MR) is 96.1 cm³/mol. The molecule has 1 aliphatic heterocycles. The minimum Gasteiger partial charge on any atom is -0.468 e. The van der Waals surface area contributed by atoms with E-state index in [1.54, 1.807) is 0 Å². The van der Waals surface area contributed by atoms with Gasteiger partial charge in [-0.1, -0.05) is 0 Å². The molecular weight excluding hydrogens is 390 g/mol. The SMILES string of the molecule is COc1nc(N[C@@H]2O[C@H](COC(C)=O)[C@@H](OC(C)=O)[C@H]2OC(C)=O)cc(=O)n1C. The molecule has 4 atom stereocenters. The second kappa shape index (κ2) is 9.37. The Labute approximate surface area is 166 Å². The van der Waals surface area contributed by atoms with Crippen LogP contribution in [0.15, 0.2) is 10.9 Å². The molecule has 0 amide bonds. The quantitative estimate of drug-likeness (QED) is 0.450. The molecule has 29 heavy (non-hydrogen) atoms. The number of nitrogens with zero attached hydrogens (tertiary/aromatic N) is 2. The van der Waals surface area contributed by atoms with Crippen molar-refractivity contribution in [1.29, 1.82) is 0 Å². The summed E-state index contributed by atoms with van der Waals surface area (Å²) in [7, 11) is 2.84. The molecule has 0 unspecified atom stereocenters. The van der Waals surface area contributed by atoms with Crippen LogP contribution >= 0.6 is 0 Å². The van der Waals surface area contributed by atoms with Gasteiger partial charge in [0.25, 0.3) is 5.56 Å². The summed E-state index contributed by atoms with van der Waals surface area (Å²) in [5.74, 6) is -1.77. The van der Waals surface area contributed by atoms with Gasteiger partial charge >= 0.3 is 23.9 Å². The Balaban J connectivity index is 2.33. The summed E-state index contributed by atoms with van der Waals surface area (Å²) in [5.41, 5.74) is -0.408. The largest absolute Gasteiger partial charge is 0.468 e. The lowest BCUT2D eigenvalue weighted by Gasteiger charge is -2.23. The van der Waals surface area contributed by atoms with E-state index in [0.717, 1.165) is 0 Å². The maximum Gasteiger partial charge on any atom is 0.303 e. The van der Waals surface area contributed by atoms with Crippen LogP contribution in [0.1, 0.15) is 20.8 Å². The molecule has 0 spiro atoms. The standard InChI is InChI=1S/C17H23N3O9/c1-8(21)26-7-11-14(27-9(2)22)15(28-10(3)23)16(29-11)18-12-6-13(24)20(4)17(19-12)25-5/h6,11,14-16,18H,7H2,1-5H3/t11-,14-,15-,16-/m1/s1. The number of anilines is 1. The van der Waals surface area contributed by atoms with E-state index in [9.17, 15) is 19.2 Å². The van der Waals surface area contributed by atoms with Crippen LogP contribution in [0.5, 0.6) is 6.01 Å². The molecule has 1 aromatic heterocycles. The van der Waals surface area contributed by atoms with Crippen molar-refractivity contribution in [3.63, 3.8) is 0 Å². The summed E-state index contributed by atoms with van der Waals surface area (Å²) in [4.78, 5) is 50.4. The van der Waals surface area contributed by atoms with Gasteiger partial charge in [-0.2, -0.15) is 4.98 Å². The Morgan fingerprint density at radius 3 is 2.31 bits per heavy atom. The molecule has 2 heterocycles. The zero-order valence-corrected chi connectivity index (χ0v) is 16.7. The zero-order chi connectivity index (χ0) is 21.7. The van der Waals surface area contributed by atoms with Crippen LogP contribution in [0.3, 0.4) is 0 Å². The third-order valence-corrected chi connectivity index (χ3v) is 3.93. The molecule has 12 heteroatoms. The summed E-state index contributed by atoms with van der Waals surface area (Å²) in [5, 5.41) is 2.82. The van der Waals surface area contributed by atoms with Gasteiger partial charge in [0.15, 0.2) is 18.4 Å². The van der Waals surface area contributed by atoms with Crippen molar-refractivity contribution in [2.45, 2.75) is 45.3 Å². The first-order valence-corrected chi connectivity index (χ1v) is 8.64. The number of ether oxygens (including phenoxy) is 5. The Bertz CT molecular complexity index is 838. The summed E-state index contributed by atoms with van der Waals surface area (Å²) < 4.78 is 27.4. The minimum atomic E-state index is -1.09. The zero-order valence-electron chi connectivity index (χ0n) is 16.7. The molecule has 12 nitrogen and oxygen atoms in total. The summed E-state index contributed by atoms with van der Waals surface area (Å²) in [6.45, 7) is 3.34. The maximum atomic E-state index is 12.1. The number of nitrogens with one attached hydrogen (secondary N) is 1. The molecule has 0 bridgehead atoms. The highest BCUT2D eigenvalue weighted by atomic mass is 16.7. The third kappa shape index (κ3) is 5.67. The average Bonchev–Trinajstić information content (AvgIpc) is 2.91. The fourth-order valence-electron chi connectivity index (χ4n) is 2.75. The van der Waals surface area contributed by atoms with Gasteiger partial charge in [0, 0.05) is 33.9 Å². The average molecular weight is 413 g/mol. The Kier molecular flexibility index (Phi) is 7.15. The van der Waals surface area contributed by atoms with Gasteiger partial charge in [-0.05, 0) is 0 Å². The molecular formula is C17H23N3O9. The number of carbonyl (C=O) groups excluding carboxylic acids is 3. The molecule has 0 aromatic carbocycles. The molecule has 1 aliphatic rings. The van der Waals surface area contributed by atoms with E-state index in [-0.39, 0.29) is 18.4 Å². The van der Waals surface area contributed by atoms with Gasteiger partial charge in [-0.15, -0.1) is 0 Å². The highest BCUT2D eigenvalue weighted by Crippen LogP contribution is 2.28. The molecule has 160 valence electrons. The van der Waals surface area contributed by atoms with Crippen molar-refractivity contribution < 1.29 is 38.1 Å². The number of carbonyl (C=O) groups is 3. The fourth-order valence-corrected chi connectivity index (χ4v) is 2.75. The van der Waals surface area contributed by atoms with Crippen molar-refractivity contribution >= 4 is 23.7 Å². The predicted octanol–water partition coefficient (Wildman–Crippen LogP) is -0.648. The van der Waals surface area contributed by atoms with E-state index in [4.69, 9.17) is 23.7 Å². The number of aromatic nitrogens is 2. The van der Waals surface area contributed by atoms with Crippen molar-refractivity contribution in [1.82, 2.24) is 9.55 Å². The molecule has 1 fully saturated rings. The van der Waals surface area contributed by atoms with Crippen LogP contribution in [0, 0.1) is 0 Å². The molecule has 0 radical (unpaired) electrons. The maximum absolute atomic E-state index is 12.1. The third-order valence-electron chi connectivity index (χ3n) is 3.93. The van der Waals surface area contributed by atoms with Crippen LogP contribution in [0.25, 0.3) is 0 Å².